The summed E-state index contributed by atoms with van der Waals surface area (Å²) in [6, 6.07) is -8.69. The third-order valence-electron chi connectivity index (χ3n) is 11.7. The van der Waals surface area contributed by atoms with E-state index in [9.17, 15) is 83.1 Å². The molecule has 78 heavy (non-hydrogen) atoms. The average Bonchev–Trinajstić information content (AvgIpc) is 3.37. The summed E-state index contributed by atoms with van der Waals surface area (Å²) >= 11 is 0. The number of carboxylic acids is 1. The summed E-state index contributed by atoms with van der Waals surface area (Å²) in [6.07, 6.45) is -15.5. The number of hydrogen-bond acceptors (Lipinski definition) is 22. The molecule has 2 aliphatic rings. The fraction of sp³-hybridized carbons (Fsp3) is 0.727. The molecule has 2 heterocycles. The molecule has 0 bridgehead atoms. The first-order valence-electron chi connectivity index (χ1n) is 24.6. The van der Waals surface area contributed by atoms with Crippen molar-refractivity contribution in [1.29, 1.82) is 0 Å². The number of primary amides is 1. The molecule has 0 aliphatic carbocycles. The highest BCUT2D eigenvalue weighted by atomic mass is 16.7. The van der Waals surface area contributed by atoms with Crippen molar-refractivity contribution in [2.75, 3.05) is 45.9 Å². The van der Waals surface area contributed by atoms with Gasteiger partial charge in [0.1, 0.15) is 85.5 Å². The first kappa shape index (κ1) is 67.3. The van der Waals surface area contributed by atoms with Gasteiger partial charge in [-0.15, -0.1) is 0 Å². The zero-order valence-electron chi connectivity index (χ0n) is 43.5. The summed E-state index contributed by atoms with van der Waals surface area (Å²) in [6.45, 7) is 2.04. The highest BCUT2D eigenvalue weighted by Crippen LogP contribution is 2.31. The normalized spacial score (nSPS) is 24.7. The van der Waals surface area contributed by atoms with E-state index in [2.05, 4.69) is 47.9 Å². The highest BCUT2D eigenvalue weighted by molar-refractivity contribution is 5.95. The van der Waals surface area contributed by atoms with E-state index < -0.39 is 208 Å². The predicted octanol–water partition coefficient (Wildman–Crippen LogP) is -10.8. The van der Waals surface area contributed by atoms with Gasteiger partial charge in [-0.1, -0.05) is 0 Å². The molecule has 0 spiro atoms. The van der Waals surface area contributed by atoms with Crippen molar-refractivity contribution in [3.05, 3.63) is 0 Å². The molecule has 20 N–H and O–H groups in total. The summed E-state index contributed by atoms with van der Waals surface area (Å²) in [7, 11) is 0. The van der Waals surface area contributed by atoms with E-state index in [1.165, 1.54) is 20.8 Å². The Hall–Kier alpha value is -6.76. The van der Waals surface area contributed by atoms with Crippen LogP contribution >= 0.6 is 0 Å². The van der Waals surface area contributed by atoms with Gasteiger partial charge >= 0.3 is 5.97 Å². The molecule has 442 valence electrons. The summed E-state index contributed by atoms with van der Waals surface area (Å²) in [5, 5.41) is 84.3. The number of amides is 11. The standard InChI is InChI=1S/C44H74N12O22/c1-18(39(70)50-14-30(64)48-13-29(63)49-15-31(65)66)52-42(73)24(8-6-7-11-47-28(62)12-45)55-27(61)10-9-23(38(46)69)56-40(71)19(2)51-41(72)20(3)75-37-33(54-22(5)60)43(74)76-26(17-58)36(37)78-44-32(53-21(4)59)35(68)34(67)25(16-57)77-44/h18-20,23-26,32-37,43-44,57-58,67-68,74H,6-17,45H2,1-5H3,(H2,46,69)(H,47,62)(H,48,64)(H,49,63)(H,50,70)(H,51,72)(H,52,73)(H,53,59)(H,54,60)(H,55,61)(H,56,71)(H,65,66). The molecular weight excluding hydrogens is 1050 g/mol. The Morgan fingerprint density at radius 2 is 1.17 bits per heavy atom. The maximum atomic E-state index is 13.6. The van der Waals surface area contributed by atoms with Crippen LogP contribution in [-0.4, -0.2) is 239 Å². The molecule has 0 radical (unpaired) electrons. The Kier molecular flexibility index (Phi) is 28.9. The van der Waals surface area contributed by atoms with Crippen LogP contribution in [0, 0.1) is 0 Å². The zero-order chi connectivity index (χ0) is 59.0. The quantitative estimate of drug-likeness (QED) is 0.0278. The van der Waals surface area contributed by atoms with Gasteiger partial charge in [-0.2, -0.15) is 0 Å². The van der Waals surface area contributed by atoms with E-state index in [1.54, 1.807) is 0 Å². The van der Waals surface area contributed by atoms with Crippen LogP contribution in [0.15, 0.2) is 0 Å². The minimum absolute atomic E-state index is 0.0427. The molecule has 2 saturated heterocycles. The van der Waals surface area contributed by atoms with Gasteiger partial charge in [-0.25, -0.2) is 0 Å². The van der Waals surface area contributed by atoms with E-state index in [4.69, 9.17) is 35.5 Å². The fourth-order valence-corrected chi connectivity index (χ4v) is 7.56. The molecule has 0 aromatic heterocycles. The van der Waals surface area contributed by atoms with Crippen molar-refractivity contribution in [3.63, 3.8) is 0 Å². The second kappa shape index (κ2) is 33.5. The van der Waals surface area contributed by atoms with Gasteiger partial charge in [-0.05, 0) is 46.5 Å². The van der Waals surface area contributed by atoms with Gasteiger partial charge in [0.2, 0.25) is 65.0 Å². The van der Waals surface area contributed by atoms with E-state index in [0.717, 1.165) is 13.8 Å². The molecule has 0 aromatic carbocycles. The lowest BCUT2D eigenvalue weighted by Crippen LogP contribution is -2.70. The number of unbranched alkanes of at least 4 members (excludes halogenated alkanes) is 1. The predicted molar refractivity (Wildman–Crippen MR) is 260 cm³/mol. The van der Waals surface area contributed by atoms with Crippen molar-refractivity contribution in [2.24, 2.45) is 11.5 Å². The maximum Gasteiger partial charge on any atom is 0.322 e. The van der Waals surface area contributed by atoms with Crippen LogP contribution in [0.5, 0.6) is 0 Å². The molecule has 34 heteroatoms. The Labute approximate surface area is 446 Å². The van der Waals surface area contributed by atoms with Crippen LogP contribution in [-0.2, 0) is 76.5 Å². The van der Waals surface area contributed by atoms with Crippen molar-refractivity contribution < 1.29 is 107 Å². The van der Waals surface area contributed by atoms with E-state index in [1.807, 2.05) is 5.32 Å². The summed E-state index contributed by atoms with van der Waals surface area (Å²) in [5.41, 5.74) is 10.8. The van der Waals surface area contributed by atoms with Gasteiger partial charge < -0.3 is 114 Å². The molecule has 2 fully saturated rings. The number of aliphatic hydroxyl groups excluding tert-OH is 5. The third kappa shape index (κ3) is 22.7. The number of nitrogens with one attached hydrogen (secondary N) is 10. The minimum Gasteiger partial charge on any atom is -0.480 e. The number of aliphatic hydroxyl groups is 5. The van der Waals surface area contributed by atoms with Crippen molar-refractivity contribution in [2.45, 2.75) is 158 Å². The topological polar surface area (TPSA) is 535 Å². The lowest BCUT2D eigenvalue weighted by molar-refractivity contribution is -0.333. The van der Waals surface area contributed by atoms with Crippen molar-refractivity contribution >= 4 is 70.9 Å². The Morgan fingerprint density at radius 1 is 0.590 bits per heavy atom. The SMILES string of the molecule is CC(=O)NC1C(OC2C(CO)OC(O)C(NC(C)=O)C2OC(C)C(=O)NC(C)C(=O)NC(CCC(=O)NC(CCCCNC(=O)CN)C(=O)NC(C)C(=O)NCC(=O)NCC(=O)NCC(=O)O)C(N)=O)OC(CO)C(O)C1O. The monoisotopic (exact) mass is 1120 g/mol. The van der Waals surface area contributed by atoms with E-state index in [-0.39, 0.29) is 25.9 Å². The van der Waals surface area contributed by atoms with Crippen molar-refractivity contribution in [3.8, 4) is 0 Å². The number of hydrogen-bond donors (Lipinski definition) is 18. The largest absolute Gasteiger partial charge is 0.480 e. The lowest BCUT2D eigenvalue weighted by atomic mass is 9.94. The van der Waals surface area contributed by atoms with Gasteiger partial charge in [0.25, 0.3) is 0 Å². The Balaban J connectivity index is 2.16. The number of carbonyl (C=O) groups is 12. The average molecular weight is 1120 g/mol. The zero-order valence-corrected chi connectivity index (χ0v) is 43.5. The van der Waals surface area contributed by atoms with Gasteiger partial charge in [0.15, 0.2) is 12.6 Å². The number of ether oxygens (including phenoxy) is 4. The molecule has 34 nitrogen and oxygen atoms in total. The van der Waals surface area contributed by atoms with Crippen LogP contribution in [0.2, 0.25) is 0 Å². The number of aliphatic carboxylic acids is 1. The van der Waals surface area contributed by atoms with Crippen LogP contribution in [0.25, 0.3) is 0 Å². The van der Waals surface area contributed by atoms with Gasteiger partial charge in [0.05, 0.1) is 32.8 Å². The Morgan fingerprint density at radius 3 is 1.74 bits per heavy atom. The third-order valence-corrected chi connectivity index (χ3v) is 11.7. The van der Waals surface area contributed by atoms with Crippen LogP contribution in [0.1, 0.15) is 66.7 Å². The number of rotatable bonds is 32. The van der Waals surface area contributed by atoms with Crippen LogP contribution < -0.4 is 64.6 Å². The smallest absolute Gasteiger partial charge is 0.322 e. The van der Waals surface area contributed by atoms with Crippen LogP contribution in [0.3, 0.4) is 0 Å². The number of carboxylic acid groups (broad SMARTS) is 1. The summed E-state index contributed by atoms with van der Waals surface area (Å²) in [4.78, 5) is 149. The highest BCUT2D eigenvalue weighted by Gasteiger charge is 2.53. The van der Waals surface area contributed by atoms with Gasteiger partial charge in [0, 0.05) is 26.8 Å². The van der Waals surface area contributed by atoms with Gasteiger partial charge in [-0.3, -0.25) is 57.5 Å². The summed E-state index contributed by atoms with van der Waals surface area (Å²) < 4.78 is 23.2. The van der Waals surface area contributed by atoms with E-state index >= 15 is 0 Å². The maximum absolute atomic E-state index is 13.6. The molecule has 2 aliphatic heterocycles. The molecular formula is C44H74N12O22. The fourth-order valence-electron chi connectivity index (χ4n) is 7.56. The van der Waals surface area contributed by atoms with Crippen LogP contribution in [0.4, 0.5) is 0 Å². The Bertz CT molecular complexity index is 2110. The minimum atomic E-state index is -1.91. The summed E-state index contributed by atoms with van der Waals surface area (Å²) in [5.74, 6) is -10.5. The second-order valence-corrected chi connectivity index (χ2v) is 18.0. The molecule has 11 amide bonds. The lowest BCUT2D eigenvalue weighted by Gasteiger charge is -2.48. The molecule has 0 saturated carbocycles. The van der Waals surface area contributed by atoms with E-state index in [0.29, 0.717) is 6.42 Å². The molecule has 15 atom stereocenters. The molecule has 0 aromatic rings. The second-order valence-electron chi connectivity index (χ2n) is 18.0. The van der Waals surface area contributed by atoms with Crippen molar-refractivity contribution in [1.82, 2.24) is 53.2 Å². The first-order chi connectivity index (χ1) is 36.6. The first-order valence-corrected chi connectivity index (χ1v) is 24.6. The molecule has 15 unspecified atom stereocenters. The number of carbonyl (C=O) groups excluding carboxylic acids is 11. The number of nitrogens with two attached hydrogens (primary N) is 2. The molecule has 2 rings (SSSR count).